The van der Waals surface area contributed by atoms with Crippen molar-refractivity contribution < 1.29 is 4.52 Å². The molecule has 0 spiro atoms. The van der Waals surface area contributed by atoms with Gasteiger partial charge in [-0.3, -0.25) is 4.79 Å². The number of aromatic nitrogens is 2. The smallest absolute Gasteiger partial charge is 0.274 e. The minimum absolute atomic E-state index is 0.137. The van der Waals surface area contributed by atoms with E-state index in [2.05, 4.69) is 26.4 Å². The first kappa shape index (κ1) is 13.6. The first-order valence-electron chi connectivity index (χ1n) is 6.29. The van der Waals surface area contributed by atoms with Crippen molar-refractivity contribution in [2.24, 2.45) is 7.05 Å². The van der Waals surface area contributed by atoms with Crippen LogP contribution in [0, 0.1) is 0 Å². The summed E-state index contributed by atoms with van der Waals surface area (Å²) in [6, 6.07) is 13.1. The topological polar surface area (TPSA) is 60.1 Å². The summed E-state index contributed by atoms with van der Waals surface area (Å²) in [4.78, 5) is 12.0. The van der Waals surface area contributed by atoms with E-state index < -0.39 is 0 Å². The minimum Gasteiger partial charge on any atom is -0.354 e. The highest BCUT2D eigenvalue weighted by Crippen LogP contribution is 2.23. The van der Waals surface area contributed by atoms with Gasteiger partial charge in [0.05, 0.1) is 0 Å². The molecule has 2 heterocycles. The summed E-state index contributed by atoms with van der Waals surface area (Å²) in [5.41, 5.74) is 1.22. The molecule has 0 aliphatic heterocycles. The zero-order valence-corrected chi connectivity index (χ0v) is 12.8. The van der Waals surface area contributed by atoms with Gasteiger partial charge in [-0.25, -0.2) is 0 Å². The van der Waals surface area contributed by atoms with Crippen LogP contribution < -0.4 is 10.9 Å². The molecule has 0 saturated carbocycles. The van der Waals surface area contributed by atoms with Gasteiger partial charge in [0, 0.05) is 29.3 Å². The van der Waals surface area contributed by atoms with E-state index in [0.29, 0.717) is 17.3 Å². The molecule has 1 N–H and O–H groups in total. The molecule has 0 amide bonds. The summed E-state index contributed by atoms with van der Waals surface area (Å²) in [6.07, 6.45) is 1.70. The van der Waals surface area contributed by atoms with Gasteiger partial charge in [-0.05, 0) is 22.0 Å². The Morgan fingerprint density at radius 1 is 1.24 bits per heavy atom. The number of nitrogens with one attached hydrogen (secondary N) is 1. The van der Waals surface area contributed by atoms with E-state index >= 15 is 0 Å². The Morgan fingerprint density at radius 3 is 2.76 bits per heavy atom. The Bertz CT molecular complexity index is 824. The van der Waals surface area contributed by atoms with Crippen LogP contribution in [0.25, 0.3) is 11.3 Å². The van der Waals surface area contributed by atoms with E-state index in [4.69, 9.17) is 4.52 Å². The number of anilines is 2. The van der Waals surface area contributed by atoms with Gasteiger partial charge in [0.2, 0.25) is 0 Å². The number of halogens is 1. The predicted octanol–water partition coefficient (Wildman–Crippen LogP) is 3.55. The van der Waals surface area contributed by atoms with Gasteiger partial charge in [0.1, 0.15) is 5.69 Å². The van der Waals surface area contributed by atoms with Crippen LogP contribution in [0.5, 0.6) is 0 Å². The predicted molar refractivity (Wildman–Crippen MR) is 84.6 cm³/mol. The van der Waals surface area contributed by atoms with Crippen LogP contribution in [0.15, 0.2) is 62.5 Å². The molecule has 0 radical (unpaired) electrons. The van der Waals surface area contributed by atoms with Crippen molar-refractivity contribution in [2.75, 3.05) is 5.32 Å². The second kappa shape index (κ2) is 5.57. The highest BCUT2D eigenvalue weighted by Gasteiger charge is 2.09. The third-order valence-corrected chi connectivity index (χ3v) is 3.41. The number of hydrogen-bond acceptors (Lipinski definition) is 4. The molecule has 3 rings (SSSR count). The number of hydrogen-bond donors (Lipinski definition) is 1. The van der Waals surface area contributed by atoms with Gasteiger partial charge in [-0.15, -0.1) is 0 Å². The van der Waals surface area contributed by atoms with Gasteiger partial charge in [0.15, 0.2) is 11.6 Å². The maximum atomic E-state index is 12.0. The first-order chi connectivity index (χ1) is 10.1. The number of benzene rings is 1. The fourth-order valence-corrected chi connectivity index (χ4v) is 2.51. The van der Waals surface area contributed by atoms with E-state index in [0.717, 1.165) is 10.0 Å². The van der Waals surface area contributed by atoms with Crippen molar-refractivity contribution in [3.05, 3.63) is 63.5 Å². The third kappa shape index (κ3) is 2.90. The van der Waals surface area contributed by atoms with Crippen LogP contribution in [0.2, 0.25) is 0 Å². The average Bonchev–Trinajstić information content (AvgIpc) is 2.94. The number of pyridine rings is 1. The van der Waals surface area contributed by atoms with Crippen molar-refractivity contribution in [3.8, 4) is 11.3 Å². The molecule has 0 bridgehead atoms. The van der Waals surface area contributed by atoms with Gasteiger partial charge in [-0.2, -0.15) is 0 Å². The van der Waals surface area contributed by atoms with E-state index in [1.165, 1.54) is 4.57 Å². The van der Waals surface area contributed by atoms with Crippen molar-refractivity contribution in [2.45, 2.75) is 0 Å². The Morgan fingerprint density at radius 2 is 2.00 bits per heavy atom. The Balaban J connectivity index is 1.90. The third-order valence-electron chi connectivity index (χ3n) is 2.98. The van der Waals surface area contributed by atoms with Gasteiger partial charge in [-0.1, -0.05) is 35.5 Å². The maximum Gasteiger partial charge on any atom is 0.274 e. The molecule has 2 aromatic heterocycles. The van der Waals surface area contributed by atoms with E-state index in [-0.39, 0.29) is 5.56 Å². The normalized spacial score (nSPS) is 10.6. The summed E-state index contributed by atoms with van der Waals surface area (Å²) in [5.74, 6) is 1.13. The summed E-state index contributed by atoms with van der Waals surface area (Å²) in [5, 5.41) is 6.91. The van der Waals surface area contributed by atoms with Crippen LogP contribution >= 0.6 is 15.9 Å². The number of rotatable bonds is 3. The zero-order valence-electron chi connectivity index (χ0n) is 11.2. The van der Waals surface area contributed by atoms with E-state index in [1.807, 2.05) is 30.3 Å². The van der Waals surface area contributed by atoms with Crippen molar-refractivity contribution in [1.29, 1.82) is 0 Å². The molecule has 0 atom stereocenters. The first-order valence-corrected chi connectivity index (χ1v) is 7.08. The second-order valence-corrected chi connectivity index (χ2v) is 5.47. The second-order valence-electron chi connectivity index (χ2n) is 4.56. The van der Waals surface area contributed by atoms with Crippen molar-refractivity contribution >= 4 is 27.4 Å². The summed E-state index contributed by atoms with van der Waals surface area (Å²) in [7, 11) is 1.69. The Kier molecular flexibility index (Phi) is 3.62. The molecular weight excluding hydrogens is 334 g/mol. The minimum atomic E-state index is -0.137. The van der Waals surface area contributed by atoms with Gasteiger partial charge >= 0.3 is 0 Å². The summed E-state index contributed by atoms with van der Waals surface area (Å²) in [6.45, 7) is 0. The monoisotopic (exact) mass is 345 g/mol. The van der Waals surface area contributed by atoms with Crippen LogP contribution in [-0.4, -0.2) is 9.72 Å². The number of nitrogens with zero attached hydrogens (tertiary/aromatic N) is 2. The molecule has 0 saturated heterocycles. The molecule has 21 heavy (non-hydrogen) atoms. The summed E-state index contributed by atoms with van der Waals surface area (Å²) >= 11 is 3.36. The molecule has 1 aromatic carbocycles. The number of aryl methyl sites for hydroxylation is 1. The van der Waals surface area contributed by atoms with Crippen LogP contribution in [0.3, 0.4) is 0 Å². The van der Waals surface area contributed by atoms with E-state index in [1.54, 1.807) is 25.4 Å². The standard InChI is InChI=1S/C15H12BrN3O2/c1-19-9-11(16)7-12(15(19)20)17-14-8-13(21-18-14)10-5-3-2-4-6-10/h2-9H,1H3,(H,17,18). The van der Waals surface area contributed by atoms with Crippen LogP contribution in [0.4, 0.5) is 11.5 Å². The highest BCUT2D eigenvalue weighted by atomic mass is 79.9. The fraction of sp³-hybridized carbons (Fsp3) is 0.0667. The Hall–Kier alpha value is -2.34. The van der Waals surface area contributed by atoms with Crippen molar-refractivity contribution in [3.63, 3.8) is 0 Å². The van der Waals surface area contributed by atoms with E-state index in [9.17, 15) is 4.79 Å². The molecular formula is C15H12BrN3O2. The largest absolute Gasteiger partial charge is 0.354 e. The molecule has 0 aliphatic rings. The quantitative estimate of drug-likeness (QED) is 0.788. The Labute approximate surface area is 129 Å². The molecule has 0 aliphatic carbocycles. The maximum absolute atomic E-state index is 12.0. The van der Waals surface area contributed by atoms with Crippen LogP contribution in [0.1, 0.15) is 0 Å². The molecule has 0 fully saturated rings. The van der Waals surface area contributed by atoms with Crippen LogP contribution in [-0.2, 0) is 7.05 Å². The lowest BCUT2D eigenvalue weighted by molar-refractivity contribution is 0.435. The molecule has 106 valence electrons. The highest BCUT2D eigenvalue weighted by molar-refractivity contribution is 9.10. The SMILES string of the molecule is Cn1cc(Br)cc(Nc2cc(-c3ccccc3)on2)c1=O. The lowest BCUT2D eigenvalue weighted by Crippen LogP contribution is -2.19. The molecule has 3 aromatic rings. The molecule has 6 heteroatoms. The fourth-order valence-electron chi connectivity index (χ4n) is 1.97. The lowest BCUT2D eigenvalue weighted by Gasteiger charge is -2.04. The summed E-state index contributed by atoms with van der Waals surface area (Å²) < 4.78 is 7.59. The van der Waals surface area contributed by atoms with Crippen molar-refractivity contribution in [1.82, 2.24) is 9.72 Å². The lowest BCUT2D eigenvalue weighted by atomic mass is 10.2. The van der Waals surface area contributed by atoms with Gasteiger partial charge in [0.25, 0.3) is 5.56 Å². The van der Waals surface area contributed by atoms with Gasteiger partial charge < -0.3 is 14.4 Å². The molecule has 0 unspecified atom stereocenters. The molecule has 5 nitrogen and oxygen atoms in total. The zero-order chi connectivity index (χ0) is 14.8. The average molecular weight is 346 g/mol.